The average Bonchev–Trinajstić information content (AvgIpc) is 2.98. The molecule has 0 aliphatic carbocycles. The van der Waals surface area contributed by atoms with E-state index >= 15 is 0 Å². The van der Waals surface area contributed by atoms with E-state index in [4.69, 9.17) is 21.7 Å². The first kappa shape index (κ1) is 14.8. The third-order valence-electron chi connectivity index (χ3n) is 3.65. The summed E-state index contributed by atoms with van der Waals surface area (Å²) in [5, 5.41) is 6.66. The van der Waals surface area contributed by atoms with Crippen LogP contribution < -0.4 is 9.47 Å². The number of aromatic nitrogens is 3. The van der Waals surface area contributed by atoms with Gasteiger partial charge in [-0.3, -0.25) is 9.67 Å². The highest BCUT2D eigenvalue weighted by Crippen LogP contribution is 2.33. The molecule has 0 spiro atoms. The van der Waals surface area contributed by atoms with Crippen molar-refractivity contribution in [1.82, 2.24) is 14.8 Å². The van der Waals surface area contributed by atoms with E-state index in [1.54, 1.807) is 18.2 Å². The van der Waals surface area contributed by atoms with E-state index in [9.17, 15) is 8.78 Å². The second kappa shape index (κ2) is 5.72. The number of nitrogens with zero attached hydrogens (tertiary/aromatic N) is 2. The number of rotatable bonds is 2. The van der Waals surface area contributed by atoms with Crippen LogP contribution in [0.1, 0.15) is 0 Å². The molecule has 0 bridgehead atoms. The Morgan fingerprint density at radius 1 is 1.08 bits per heavy atom. The number of nitrogens with one attached hydrogen (secondary N) is 1. The zero-order valence-corrected chi connectivity index (χ0v) is 13.1. The Morgan fingerprint density at radius 2 is 1.88 bits per heavy atom. The number of fused-ring (bicyclic) bond motifs is 1. The zero-order chi connectivity index (χ0) is 16.7. The lowest BCUT2D eigenvalue weighted by Gasteiger charge is -2.19. The van der Waals surface area contributed by atoms with Crippen molar-refractivity contribution >= 4 is 12.2 Å². The van der Waals surface area contributed by atoms with Gasteiger partial charge in [0.2, 0.25) is 0 Å². The molecule has 0 radical (unpaired) electrons. The third kappa shape index (κ3) is 2.35. The maximum Gasteiger partial charge on any atom is 0.200 e. The first-order chi connectivity index (χ1) is 11.6. The second-order valence-electron chi connectivity index (χ2n) is 5.12. The van der Waals surface area contributed by atoms with Crippen molar-refractivity contribution < 1.29 is 18.3 Å². The lowest BCUT2D eigenvalue weighted by Crippen LogP contribution is -2.15. The molecule has 4 rings (SSSR count). The molecule has 1 aliphatic rings. The summed E-state index contributed by atoms with van der Waals surface area (Å²) >= 11 is 5.24. The molecule has 122 valence electrons. The van der Waals surface area contributed by atoms with Crippen molar-refractivity contribution in [3.05, 3.63) is 52.8 Å². The molecule has 2 aromatic carbocycles. The van der Waals surface area contributed by atoms with Crippen LogP contribution in [0.2, 0.25) is 0 Å². The highest BCUT2D eigenvalue weighted by Gasteiger charge is 2.19. The Kier molecular flexibility index (Phi) is 3.53. The summed E-state index contributed by atoms with van der Waals surface area (Å²) in [6, 6.07) is 9.12. The van der Waals surface area contributed by atoms with Crippen molar-refractivity contribution in [2.24, 2.45) is 0 Å². The van der Waals surface area contributed by atoms with Gasteiger partial charge in [-0.1, -0.05) is 6.07 Å². The summed E-state index contributed by atoms with van der Waals surface area (Å²) in [6.45, 7) is 0.926. The first-order valence-corrected chi connectivity index (χ1v) is 7.58. The van der Waals surface area contributed by atoms with E-state index in [2.05, 4.69) is 10.2 Å². The number of benzene rings is 2. The molecule has 24 heavy (non-hydrogen) atoms. The van der Waals surface area contributed by atoms with E-state index in [0.29, 0.717) is 30.4 Å². The van der Waals surface area contributed by atoms with Gasteiger partial charge in [0, 0.05) is 6.07 Å². The number of aromatic amines is 1. The number of halogens is 2. The van der Waals surface area contributed by atoms with Gasteiger partial charge < -0.3 is 9.47 Å². The standard InChI is InChI=1S/C16H11F2N3O2S/c17-11-3-1-2-10(14(11)18)15-19-20-16(24)21(15)9-4-5-12-13(8-9)23-7-6-22-12/h1-5,8H,6-7H2,(H,20,24). The number of ether oxygens (including phenoxy) is 2. The quantitative estimate of drug-likeness (QED) is 0.719. The second-order valence-corrected chi connectivity index (χ2v) is 5.50. The SMILES string of the molecule is Fc1cccc(-c2n[nH]c(=S)n2-c2ccc3c(c2)OCCO3)c1F. The van der Waals surface area contributed by atoms with Gasteiger partial charge in [-0.2, -0.15) is 5.10 Å². The Hall–Kier alpha value is -2.74. The Balaban J connectivity index is 1.90. The normalized spacial score (nSPS) is 13.1. The van der Waals surface area contributed by atoms with Crippen LogP contribution in [0, 0.1) is 16.4 Å². The summed E-state index contributed by atoms with van der Waals surface area (Å²) in [5.74, 6) is -0.569. The van der Waals surface area contributed by atoms with Gasteiger partial charge in [-0.25, -0.2) is 8.78 Å². The highest BCUT2D eigenvalue weighted by atomic mass is 32.1. The van der Waals surface area contributed by atoms with Crippen LogP contribution in [0.15, 0.2) is 36.4 Å². The van der Waals surface area contributed by atoms with Gasteiger partial charge >= 0.3 is 0 Å². The van der Waals surface area contributed by atoms with Crippen LogP contribution in [-0.2, 0) is 0 Å². The lowest BCUT2D eigenvalue weighted by atomic mass is 10.2. The molecular weight excluding hydrogens is 336 g/mol. The van der Waals surface area contributed by atoms with E-state index in [1.807, 2.05) is 0 Å². The molecule has 8 heteroatoms. The van der Waals surface area contributed by atoms with Gasteiger partial charge in [0.15, 0.2) is 33.7 Å². The van der Waals surface area contributed by atoms with Crippen molar-refractivity contribution in [2.45, 2.75) is 0 Å². The molecule has 0 amide bonds. The predicted molar refractivity (Wildman–Crippen MR) is 85.1 cm³/mol. The van der Waals surface area contributed by atoms with Crippen LogP contribution in [0.4, 0.5) is 8.78 Å². The van der Waals surface area contributed by atoms with Crippen molar-refractivity contribution in [2.75, 3.05) is 13.2 Å². The fraction of sp³-hybridized carbons (Fsp3) is 0.125. The fourth-order valence-electron chi connectivity index (χ4n) is 2.56. The van der Waals surface area contributed by atoms with Crippen LogP contribution in [0.3, 0.4) is 0 Å². The van der Waals surface area contributed by atoms with Gasteiger partial charge in [-0.05, 0) is 36.5 Å². The molecule has 0 fully saturated rings. The van der Waals surface area contributed by atoms with Crippen molar-refractivity contribution in [3.8, 4) is 28.6 Å². The van der Waals surface area contributed by atoms with Gasteiger partial charge in [0.05, 0.1) is 11.3 Å². The lowest BCUT2D eigenvalue weighted by molar-refractivity contribution is 0.171. The van der Waals surface area contributed by atoms with E-state index in [-0.39, 0.29) is 16.2 Å². The molecule has 0 unspecified atom stereocenters. The minimum atomic E-state index is -0.981. The Morgan fingerprint density at radius 3 is 2.71 bits per heavy atom. The van der Waals surface area contributed by atoms with Crippen LogP contribution in [-0.4, -0.2) is 28.0 Å². The van der Waals surface area contributed by atoms with E-state index in [1.165, 1.54) is 16.7 Å². The molecule has 2 heterocycles. The molecule has 1 aromatic heterocycles. The topological polar surface area (TPSA) is 52.1 Å². The predicted octanol–water partition coefficient (Wildman–Crippen LogP) is 3.65. The number of H-pyrrole nitrogens is 1. The van der Waals surface area contributed by atoms with E-state index in [0.717, 1.165) is 6.07 Å². The highest BCUT2D eigenvalue weighted by molar-refractivity contribution is 7.71. The van der Waals surface area contributed by atoms with Crippen molar-refractivity contribution in [1.29, 1.82) is 0 Å². The third-order valence-corrected chi connectivity index (χ3v) is 3.92. The molecule has 1 N–H and O–H groups in total. The van der Waals surface area contributed by atoms with Crippen LogP contribution >= 0.6 is 12.2 Å². The summed E-state index contributed by atoms with van der Waals surface area (Å²) < 4.78 is 40.5. The van der Waals surface area contributed by atoms with Gasteiger partial charge in [-0.15, -0.1) is 0 Å². The Bertz CT molecular complexity index is 984. The Labute approximate surface area is 140 Å². The smallest absolute Gasteiger partial charge is 0.200 e. The molecular formula is C16H11F2N3O2S. The minimum absolute atomic E-state index is 0.0113. The molecule has 1 aliphatic heterocycles. The minimum Gasteiger partial charge on any atom is -0.486 e. The number of hydrogen-bond acceptors (Lipinski definition) is 4. The molecule has 5 nitrogen and oxygen atoms in total. The summed E-state index contributed by atoms with van der Waals surface area (Å²) in [4.78, 5) is 0. The van der Waals surface area contributed by atoms with Crippen LogP contribution in [0.5, 0.6) is 11.5 Å². The zero-order valence-electron chi connectivity index (χ0n) is 12.3. The first-order valence-electron chi connectivity index (χ1n) is 7.17. The molecule has 0 atom stereocenters. The summed E-state index contributed by atoms with van der Waals surface area (Å²) in [7, 11) is 0. The largest absolute Gasteiger partial charge is 0.486 e. The molecule has 3 aromatic rings. The maximum atomic E-state index is 14.1. The monoisotopic (exact) mass is 347 g/mol. The number of hydrogen-bond donors (Lipinski definition) is 1. The summed E-state index contributed by atoms with van der Waals surface area (Å²) in [6.07, 6.45) is 0. The summed E-state index contributed by atoms with van der Waals surface area (Å²) in [5.41, 5.74) is 0.619. The molecule has 0 saturated carbocycles. The van der Waals surface area contributed by atoms with Gasteiger partial charge in [0.25, 0.3) is 0 Å². The van der Waals surface area contributed by atoms with E-state index < -0.39 is 11.6 Å². The average molecular weight is 347 g/mol. The fourth-order valence-corrected chi connectivity index (χ4v) is 2.80. The van der Waals surface area contributed by atoms with Gasteiger partial charge in [0.1, 0.15) is 13.2 Å². The molecule has 0 saturated heterocycles. The maximum absolute atomic E-state index is 14.1. The van der Waals surface area contributed by atoms with Crippen molar-refractivity contribution in [3.63, 3.8) is 0 Å². The van der Waals surface area contributed by atoms with Crippen LogP contribution in [0.25, 0.3) is 17.1 Å².